The summed E-state index contributed by atoms with van der Waals surface area (Å²) < 4.78 is 22.0. The smallest absolute Gasteiger partial charge is 0.222 e. The van der Waals surface area contributed by atoms with Crippen molar-refractivity contribution in [3.05, 3.63) is 71.2 Å². The molecule has 2 aromatic carbocycles. The van der Waals surface area contributed by atoms with Crippen LogP contribution in [0.3, 0.4) is 0 Å². The van der Waals surface area contributed by atoms with Crippen molar-refractivity contribution in [2.75, 3.05) is 0 Å². The van der Waals surface area contributed by atoms with Crippen molar-refractivity contribution in [1.82, 2.24) is 4.57 Å². The maximum atomic E-state index is 8.91. The summed E-state index contributed by atoms with van der Waals surface area (Å²) in [6.45, 7) is 9.12. The maximum Gasteiger partial charge on any atom is 0.268 e. The van der Waals surface area contributed by atoms with Crippen molar-refractivity contribution in [1.29, 1.82) is 0 Å². The Kier molecular flexibility index (Phi) is 2.75. The molecule has 24 heavy (non-hydrogen) atoms. The molecule has 0 fully saturated rings. The molecule has 0 aliphatic carbocycles. The van der Waals surface area contributed by atoms with E-state index in [1.807, 2.05) is 41.0 Å². The zero-order chi connectivity index (χ0) is 18.9. The summed E-state index contributed by atoms with van der Waals surface area (Å²) in [6, 6.07) is 16.2. The molecule has 0 amide bonds. The highest BCUT2D eigenvalue weighted by atomic mass is 15.2. The first kappa shape index (κ1) is 13.0. The quantitative estimate of drug-likeness (QED) is 0.575. The highest BCUT2D eigenvalue weighted by molar-refractivity contribution is 5.67. The number of aromatic nitrogens is 2. The van der Waals surface area contributed by atoms with Gasteiger partial charge in [-0.25, -0.2) is 4.57 Å². The Morgan fingerprint density at radius 3 is 2.38 bits per heavy atom. The topological polar surface area (TPSA) is 8.81 Å². The third kappa shape index (κ3) is 2.06. The number of hydrogen-bond donors (Lipinski definition) is 0. The molecule has 2 nitrogen and oxygen atoms in total. The molecule has 0 N–H and O–H groups in total. The lowest BCUT2D eigenvalue weighted by Crippen LogP contribution is -2.42. The van der Waals surface area contributed by atoms with Crippen LogP contribution < -0.4 is 4.57 Å². The zero-order valence-corrected chi connectivity index (χ0v) is 15.0. The number of aryl methyl sites for hydroxylation is 1. The van der Waals surface area contributed by atoms with E-state index < -0.39 is 6.50 Å². The van der Waals surface area contributed by atoms with Crippen LogP contribution in [-0.2, 0) is 11.9 Å². The molecule has 122 valence electrons. The van der Waals surface area contributed by atoms with Crippen molar-refractivity contribution in [2.45, 2.75) is 46.5 Å². The van der Waals surface area contributed by atoms with Gasteiger partial charge in [-0.3, -0.25) is 0 Å². The van der Waals surface area contributed by atoms with Gasteiger partial charge in [-0.05, 0) is 39.3 Å². The van der Waals surface area contributed by atoms with Crippen LogP contribution in [0.4, 0.5) is 0 Å². The molecule has 1 aliphatic rings. The van der Waals surface area contributed by atoms with Crippen LogP contribution in [0.15, 0.2) is 48.5 Å². The van der Waals surface area contributed by atoms with Crippen LogP contribution in [0, 0.1) is 13.8 Å². The Bertz CT molecular complexity index is 1020. The molecule has 0 saturated carbocycles. The highest BCUT2D eigenvalue weighted by Gasteiger charge is 2.41. The van der Waals surface area contributed by atoms with Gasteiger partial charge in [0.2, 0.25) is 0 Å². The lowest BCUT2D eigenvalue weighted by atomic mass is 9.94. The van der Waals surface area contributed by atoms with Gasteiger partial charge in [0.05, 0.1) is 8.16 Å². The zero-order valence-electron chi connectivity index (χ0n) is 17.0. The summed E-state index contributed by atoms with van der Waals surface area (Å²) in [5.74, 6) is 0.987. The first-order valence-electron chi connectivity index (χ1n) is 9.50. The van der Waals surface area contributed by atoms with E-state index in [1.54, 1.807) is 0 Å². The van der Waals surface area contributed by atoms with Gasteiger partial charge < -0.3 is 0 Å². The van der Waals surface area contributed by atoms with Gasteiger partial charge in [-0.2, -0.15) is 4.57 Å². The van der Waals surface area contributed by atoms with Gasteiger partial charge in [0.1, 0.15) is 12.2 Å². The number of imidazole rings is 1. The van der Waals surface area contributed by atoms with E-state index in [9.17, 15) is 0 Å². The van der Waals surface area contributed by atoms with Gasteiger partial charge in [0, 0.05) is 18.1 Å². The summed E-state index contributed by atoms with van der Waals surface area (Å²) in [6.07, 6.45) is 0. The average molecular weight is 319 g/mol. The first-order chi connectivity index (χ1) is 12.2. The van der Waals surface area contributed by atoms with Crippen molar-refractivity contribution in [2.24, 2.45) is 0 Å². The van der Waals surface area contributed by atoms with Gasteiger partial charge >= 0.3 is 0 Å². The highest BCUT2D eigenvalue weighted by Crippen LogP contribution is 2.36. The Balaban J connectivity index is 2.18. The van der Waals surface area contributed by atoms with Crippen molar-refractivity contribution in [3.8, 4) is 16.9 Å². The van der Waals surface area contributed by atoms with Crippen molar-refractivity contribution >= 4 is 0 Å². The minimum Gasteiger partial charge on any atom is -0.222 e. The Labute approximate surface area is 147 Å². The molecule has 0 unspecified atom stereocenters. The molecule has 1 aromatic heterocycles. The normalized spacial score (nSPS) is 16.4. The predicted molar refractivity (Wildman–Crippen MR) is 98.7 cm³/mol. The Hall–Kier alpha value is -2.35. The first-order valence-corrected chi connectivity index (χ1v) is 8.50. The van der Waals surface area contributed by atoms with Gasteiger partial charge in [-0.1, -0.05) is 42.5 Å². The Morgan fingerprint density at radius 1 is 1.00 bits per heavy atom. The van der Waals surface area contributed by atoms with Gasteiger partial charge in [0.25, 0.3) is 5.82 Å². The number of rotatable bonds is 1. The van der Waals surface area contributed by atoms with E-state index in [1.165, 1.54) is 5.56 Å². The number of hydrogen-bond acceptors (Lipinski definition) is 0. The molecular weight excluding hydrogens is 292 g/mol. The van der Waals surface area contributed by atoms with Crippen LogP contribution in [0.1, 0.15) is 46.2 Å². The lowest BCUT2D eigenvalue weighted by Gasteiger charge is -2.18. The second-order valence-electron chi connectivity index (χ2n) is 7.62. The minimum absolute atomic E-state index is 0.222. The second kappa shape index (κ2) is 5.07. The number of para-hydroxylation sites is 1. The number of nitrogens with zero attached hydrogens (tertiary/aromatic N) is 2. The maximum absolute atomic E-state index is 8.91. The molecule has 3 aromatic rings. The summed E-state index contributed by atoms with van der Waals surface area (Å²) in [5, 5.41) is 0. The Morgan fingerprint density at radius 2 is 1.67 bits per heavy atom. The average Bonchev–Trinajstić information content (AvgIpc) is 3.00. The van der Waals surface area contributed by atoms with Crippen LogP contribution in [0.5, 0.6) is 0 Å². The lowest BCUT2D eigenvalue weighted by molar-refractivity contribution is -0.682. The molecule has 0 radical (unpaired) electrons. The standard InChI is InChI=1S/C22H25N2/c1-15-10-6-9-13-19(15)24-16(2)20-18-12-8-7-11-17(18)14-23(20)21(24)22(3,4)5/h6-13H,14H2,1-5H3/q+1/i14D2. The molecule has 0 saturated heterocycles. The summed E-state index contributed by atoms with van der Waals surface area (Å²) in [5.41, 5.74) is 5.89. The SMILES string of the molecule is [2H]C1([2H])c2ccccc2-c2c(C)n(-c3ccccc3C)c(C(C)(C)C)[n+]21. The van der Waals surface area contributed by atoms with Gasteiger partial charge in [0.15, 0.2) is 11.4 Å². The molecule has 1 aliphatic heterocycles. The molecule has 2 heteroatoms. The van der Waals surface area contributed by atoms with E-state index >= 15 is 0 Å². The van der Waals surface area contributed by atoms with E-state index in [-0.39, 0.29) is 5.41 Å². The van der Waals surface area contributed by atoms with Crippen LogP contribution in [-0.4, -0.2) is 4.57 Å². The summed E-state index contributed by atoms with van der Waals surface area (Å²) >= 11 is 0. The number of fused-ring (bicyclic) bond motifs is 3. The molecule has 0 bridgehead atoms. The van der Waals surface area contributed by atoms with Crippen LogP contribution in [0.2, 0.25) is 0 Å². The fourth-order valence-corrected chi connectivity index (χ4v) is 3.74. The second-order valence-corrected chi connectivity index (χ2v) is 7.62. The third-order valence-corrected chi connectivity index (χ3v) is 4.77. The summed E-state index contributed by atoms with van der Waals surface area (Å²) in [7, 11) is 0. The number of benzene rings is 2. The summed E-state index contributed by atoms with van der Waals surface area (Å²) in [4.78, 5) is 0. The van der Waals surface area contributed by atoms with Gasteiger partial charge in [-0.15, -0.1) is 0 Å². The van der Waals surface area contributed by atoms with E-state index in [4.69, 9.17) is 2.74 Å². The largest absolute Gasteiger partial charge is 0.268 e. The third-order valence-electron chi connectivity index (χ3n) is 4.77. The monoisotopic (exact) mass is 319 g/mol. The van der Waals surface area contributed by atoms with E-state index in [2.05, 4.69) is 51.3 Å². The van der Waals surface area contributed by atoms with Crippen molar-refractivity contribution in [3.63, 3.8) is 0 Å². The fraction of sp³-hybridized carbons (Fsp3) is 0.318. The molecule has 2 heterocycles. The predicted octanol–water partition coefficient (Wildman–Crippen LogP) is 4.71. The van der Waals surface area contributed by atoms with Crippen molar-refractivity contribution < 1.29 is 7.31 Å². The molecule has 0 atom stereocenters. The fourth-order valence-electron chi connectivity index (χ4n) is 3.74. The molecule has 0 spiro atoms. The molecular formula is C22H25N2+. The molecule has 4 rings (SSSR count). The van der Waals surface area contributed by atoms with E-state index in [0.29, 0.717) is 0 Å². The van der Waals surface area contributed by atoms with Crippen LogP contribution in [0.25, 0.3) is 16.9 Å². The van der Waals surface area contributed by atoms with Crippen LogP contribution >= 0.6 is 0 Å². The van der Waals surface area contributed by atoms with E-state index in [0.717, 1.165) is 34.0 Å². The minimum atomic E-state index is -1.56.